The molecule has 52 heavy (non-hydrogen) atoms. The van der Waals surface area contributed by atoms with Gasteiger partial charge in [-0.25, -0.2) is 0 Å². The van der Waals surface area contributed by atoms with Gasteiger partial charge in [-0.2, -0.15) is 4.21 Å². The average molecular weight is 738 g/mol. The van der Waals surface area contributed by atoms with Crippen molar-refractivity contribution in [2.45, 2.75) is 32.6 Å². The smallest absolute Gasteiger partial charge is 0.316 e. The maximum atomic E-state index is 12.6. The minimum absolute atomic E-state index is 0.0143. The summed E-state index contributed by atoms with van der Waals surface area (Å²) in [6, 6.07) is 36.2. The van der Waals surface area contributed by atoms with E-state index in [9.17, 15) is 13.8 Å². The van der Waals surface area contributed by atoms with Crippen LogP contribution in [0.15, 0.2) is 115 Å². The molecule has 0 bridgehead atoms. The summed E-state index contributed by atoms with van der Waals surface area (Å²) in [5, 5.41) is 4.30. The summed E-state index contributed by atoms with van der Waals surface area (Å²) in [5.41, 5.74) is 13.1. The number of carbonyl (C=O) groups excluding carboxylic acids is 2. The summed E-state index contributed by atoms with van der Waals surface area (Å²) in [7, 11) is 1.61. The van der Waals surface area contributed by atoms with Gasteiger partial charge in [0.1, 0.15) is 11.5 Å². The second kappa shape index (κ2) is 16.2. The van der Waals surface area contributed by atoms with Crippen LogP contribution in [0.4, 0.5) is 17.1 Å². The lowest BCUT2D eigenvalue weighted by Gasteiger charge is -2.18. The lowest BCUT2D eigenvalue weighted by molar-refractivity contribution is -0.121. The lowest BCUT2D eigenvalue weighted by Crippen LogP contribution is -2.32. The van der Waals surface area contributed by atoms with Crippen LogP contribution in [0.5, 0.6) is 11.5 Å². The number of hydrogen-bond acceptors (Lipinski definition) is 7. The van der Waals surface area contributed by atoms with Crippen LogP contribution in [0.1, 0.15) is 39.7 Å². The van der Waals surface area contributed by atoms with Gasteiger partial charge < -0.3 is 8.92 Å². The molecule has 5 aromatic rings. The van der Waals surface area contributed by atoms with Gasteiger partial charge in [0.25, 0.3) is 0 Å². The van der Waals surface area contributed by atoms with Crippen molar-refractivity contribution in [3.63, 3.8) is 0 Å². The second-order valence-electron chi connectivity index (χ2n) is 12.7. The molecule has 12 heteroatoms. The molecule has 2 amide bonds. The monoisotopic (exact) mass is 737 g/mol. The third kappa shape index (κ3) is 8.67. The Kier molecular flexibility index (Phi) is 11.3. The predicted octanol–water partition coefficient (Wildman–Crippen LogP) is 7.30. The minimum atomic E-state index is -1.76. The van der Waals surface area contributed by atoms with E-state index in [-0.39, 0.29) is 23.7 Å². The summed E-state index contributed by atoms with van der Waals surface area (Å²) in [6.45, 7) is 6.97. The quantitative estimate of drug-likeness (QED) is 0.146. The first-order valence-corrected chi connectivity index (χ1v) is 18.2. The van der Waals surface area contributed by atoms with Gasteiger partial charge in [-0.3, -0.25) is 35.2 Å². The van der Waals surface area contributed by atoms with Gasteiger partial charge >= 0.3 is 11.3 Å². The molecular weight excluding hydrogens is 698 g/mol. The highest BCUT2D eigenvalue weighted by molar-refractivity contribution is 7.82. The molecule has 2 fully saturated rings. The normalized spacial score (nSPS) is 17.1. The molecule has 7 rings (SSSR count). The third-order valence-electron chi connectivity index (χ3n) is 8.83. The van der Waals surface area contributed by atoms with E-state index in [1.807, 2.05) is 129 Å². The molecule has 268 valence electrons. The van der Waals surface area contributed by atoms with Crippen LogP contribution < -0.4 is 34.5 Å². The topological polar surface area (TPSA) is 112 Å². The molecule has 0 aliphatic carbocycles. The number of anilines is 3. The van der Waals surface area contributed by atoms with Crippen molar-refractivity contribution in [2.75, 3.05) is 34.9 Å². The van der Waals surface area contributed by atoms with Crippen LogP contribution in [0.25, 0.3) is 0 Å². The van der Waals surface area contributed by atoms with E-state index in [0.717, 1.165) is 44.9 Å². The Morgan fingerprint density at radius 1 is 0.731 bits per heavy atom. The molecule has 5 aromatic carbocycles. The van der Waals surface area contributed by atoms with E-state index in [1.165, 1.54) is 0 Å². The zero-order valence-corrected chi connectivity index (χ0v) is 30.8. The van der Waals surface area contributed by atoms with Crippen LogP contribution in [-0.2, 0) is 20.9 Å². The van der Waals surface area contributed by atoms with E-state index < -0.39 is 11.3 Å². The Labute approximate surface area is 311 Å². The number of hydrazine groups is 2. The number of nitrogens with zero attached hydrogens (tertiary/aromatic N) is 2. The van der Waals surface area contributed by atoms with Gasteiger partial charge in [0.2, 0.25) is 11.8 Å². The number of hydrogen-bond donors (Lipinski definition) is 3. The molecule has 2 aliphatic heterocycles. The van der Waals surface area contributed by atoms with Crippen LogP contribution in [0, 0.1) is 20.8 Å². The van der Waals surface area contributed by atoms with Crippen molar-refractivity contribution in [1.82, 2.24) is 10.9 Å². The summed E-state index contributed by atoms with van der Waals surface area (Å²) in [5.74, 6) is 0.707. The second-order valence-corrected chi connectivity index (χ2v) is 13.9. The summed E-state index contributed by atoms with van der Waals surface area (Å²) < 4.78 is 26.1. The van der Waals surface area contributed by atoms with Gasteiger partial charge in [0, 0.05) is 5.02 Å². The van der Waals surface area contributed by atoms with Crippen LogP contribution in [0.2, 0.25) is 5.02 Å². The van der Waals surface area contributed by atoms with E-state index >= 15 is 0 Å². The molecule has 2 heterocycles. The highest BCUT2D eigenvalue weighted by Crippen LogP contribution is 2.31. The molecule has 10 nitrogen and oxygen atoms in total. The van der Waals surface area contributed by atoms with Gasteiger partial charge in [-0.05, 0) is 103 Å². The first-order valence-electron chi connectivity index (χ1n) is 16.7. The number of halogens is 1. The van der Waals surface area contributed by atoms with Crippen molar-refractivity contribution >= 4 is 51.7 Å². The number of amides is 2. The molecule has 0 spiro atoms. The molecular formula is C40H40ClN5O5S. The fraction of sp³-hybridized carbons (Fsp3) is 0.200. The van der Waals surface area contributed by atoms with Gasteiger partial charge in [0.15, 0.2) is 0 Å². The van der Waals surface area contributed by atoms with Crippen LogP contribution >= 0.6 is 11.6 Å². The summed E-state index contributed by atoms with van der Waals surface area (Å²) >= 11 is 4.43. The van der Waals surface area contributed by atoms with Crippen LogP contribution in [0.3, 0.4) is 0 Å². The lowest BCUT2D eigenvalue weighted by atomic mass is 9.99. The number of aryl methyl sites for hydroxylation is 3. The fourth-order valence-corrected chi connectivity index (χ4v) is 6.97. The molecule has 3 N–H and O–H groups in total. The van der Waals surface area contributed by atoms with Gasteiger partial charge in [-0.15, -0.1) is 0 Å². The molecule has 2 aliphatic rings. The van der Waals surface area contributed by atoms with Crippen molar-refractivity contribution < 1.29 is 22.7 Å². The Morgan fingerprint density at radius 2 is 1.37 bits per heavy atom. The molecule has 2 saturated heterocycles. The Hall–Kier alpha value is -5.52. The third-order valence-corrected chi connectivity index (χ3v) is 9.91. The number of ether oxygens (including phenoxy) is 1. The standard InChI is InChI=1S/C24H25N3O4S.C16H15ClN2O/c1-16-7-8-17(2)23(13-16)31-32(29)26-19-5-4-6-20(14-19)27-15-22(24(28)25-27)18-9-11-21(30-3)12-10-18;1-11-5-4-6-12(9-11)19-10-14(16(20)18-19)13-7-2-3-8-15(13)17/h4-14,22,26H,15H2,1-3H3,(H,25,28);2-9,14H,10H2,1H3,(H,18,20). The largest absolute Gasteiger partial charge is 0.497 e. The Morgan fingerprint density at radius 3 is 2.06 bits per heavy atom. The van der Waals surface area contributed by atoms with Gasteiger partial charge in [-0.1, -0.05) is 72.3 Å². The zero-order valence-electron chi connectivity index (χ0n) is 29.3. The highest BCUT2D eigenvalue weighted by Gasteiger charge is 2.34. The predicted molar refractivity (Wildman–Crippen MR) is 207 cm³/mol. The maximum Gasteiger partial charge on any atom is 0.316 e. The van der Waals surface area contributed by atoms with E-state index in [0.29, 0.717) is 29.5 Å². The average Bonchev–Trinajstić information content (AvgIpc) is 3.73. The van der Waals surface area contributed by atoms with Gasteiger partial charge in [0.05, 0.1) is 49.1 Å². The summed E-state index contributed by atoms with van der Waals surface area (Å²) in [6.07, 6.45) is 0. The molecule has 0 radical (unpaired) electrons. The van der Waals surface area contributed by atoms with Crippen molar-refractivity contribution in [1.29, 1.82) is 0 Å². The van der Waals surface area contributed by atoms with E-state index in [1.54, 1.807) is 18.2 Å². The van der Waals surface area contributed by atoms with E-state index in [2.05, 4.69) is 21.6 Å². The molecule has 3 unspecified atom stereocenters. The number of nitrogens with one attached hydrogen (secondary N) is 3. The first kappa shape index (κ1) is 36.3. The van der Waals surface area contributed by atoms with Crippen molar-refractivity contribution in [2.24, 2.45) is 0 Å². The van der Waals surface area contributed by atoms with Crippen molar-refractivity contribution in [3.8, 4) is 11.5 Å². The van der Waals surface area contributed by atoms with E-state index in [4.69, 9.17) is 20.5 Å². The number of carbonyl (C=O) groups is 2. The maximum absolute atomic E-state index is 12.6. The summed E-state index contributed by atoms with van der Waals surface area (Å²) in [4.78, 5) is 24.8. The highest BCUT2D eigenvalue weighted by atomic mass is 35.5. The Balaban J connectivity index is 0.000000198. The first-order chi connectivity index (χ1) is 25.1. The number of rotatable bonds is 9. The molecule has 0 aromatic heterocycles. The SMILES string of the molecule is COc1ccc(C2CN(c3cccc(NS(=O)Oc4cc(C)ccc4C)c3)NC2=O)cc1.Cc1cccc(N2CC(c3ccccc3Cl)C(=O)N2)c1. The van der Waals surface area contributed by atoms with Crippen molar-refractivity contribution in [3.05, 3.63) is 148 Å². The number of benzene rings is 5. The molecule has 0 saturated carbocycles. The number of methoxy groups -OCH3 is 1. The minimum Gasteiger partial charge on any atom is -0.497 e. The molecule has 3 atom stereocenters. The zero-order chi connectivity index (χ0) is 36.8. The van der Waals surface area contributed by atoms with Crippen LogP contribution in [-0.4, -0.2) is 36.2 Å². The Bertz CT molecular complexity index is 2100. The fourth-order valence-electron chi connectivity index (χ4n) is 6.00.